The first kappa shape index (κ1) is 14.4. The van der Waals surface area contributed by atoms with E-state index in [0.29, 0.717) is 0 Å². The van der Waals surface area contributed by atoms with E-state index in [-0.39, 0.29) is 17.1 Å². The van der Waals surface area contributed by atoms with Crippen LogP contribution < -0.4 is 10.6 Å². The van der Waals surface area contributed by atoms with E-state index in [1.165, 1.54) is 25.4 Å². The predicted molar refractivity (Wildman–Crippen MR) is 74.6 cm³/mol. The minimum Gasteiger partial charge on any atom is -0.372 e. The lowest BCUT2D eigenvalue weighted by Gasteiger charge is -2.07. The van der Waals surface area contributed by atoms with Crippen LogP contribution in [0, 0.1) is 5.82 Å². The third-order valence-electron chi connectivity index (χ3n) is 2.52. The molecule has 2 aromatic rings. The summed E-state index contributed by atoms with van der Waals surface area (Å²) in [5, 5.41) is 4.77. The normalized spacial score (nSPS) is 9.81. The van der Waals surface area contributed by atoms with Crippen LogP contribution >= 0.6 is 0 Å². The molecule has 1 aromatic carbocycles. The Labute approximate surface area is 120 Å². The number of hydrogen-bond acceptors (Lipinski definition) is 5. The molecule has 0 aliphatic rings. The standard InChI is InChI=1S/C14H12FN3O3/c1-16-12-11(15)7-10(8-17-12)18-14(20)21-13(19)9-5-3-2-4-6-9/h2-8H,1H3,(H,16,17)(H,18,20). The van der Waals surface area contributed by atoms with Gasteiger partial charge in [0.1, 0.15) is 0 Å². The van der Waals surface area contributed by atoms with Gasteiger partial charge in [-0.1, -0.05) is 18.2 Å². The van der Waals surface area contributed by atoms with E-state index in [1.807, 2.05) is 0 Å². The Morgan fingerprint density at radius 1 is 1.24 bits per heavy atom. The summed E-state index contributed by atoms with van der Waals surface area (Å²) in [6, 6.07) is 9.10. The zero-order valence-electron chi connectivity index (χ0n) is 11.1. The number of esters is 1. The SMILES string of the molecule is CNc1ncc(NC(=O)OC(=O)c2ccccc2)cc1F. The summed E-state index contributed by atoms with van der Waals surface area (Å²) in [6.45, 7) is 0. The van der Waals surface area contributed by atoms with E-state index in [2.05, 4.69) is 20.4 Å². The molecular formula is C14H12FN3O3. The largest absolute Gasteiger partial charge is 0.419 e. The van der Waals surface area contributed by atoms with Gasteiger partial charge in [-0.2, -0.15) is 0 Å². The number of amides is 1. The summed E-state index contributed by atoms with van der Waals surface area (Å²) >= 11 is 0. The van der Waals surface area contributed by atoms with Crippen molar-refractivity contribution in [3.63, 3.8) is 0 Å². The van der Waals surface area contributed by atoms with Gasteiger partial charge < -0.3 is 10.1 Å². The average Bonchev–Trinajstić information content (AvgIpc) is 2.48. The minimum absolute atomic E-state index is 0.0503. The fraction of sp³-hybridized carbons (Fsp3) is 0.0714. The number of rotatable bonds is 3. The monoisotopic (exact) mass is 289 g/mol. The number of carbonyl (C=O) groups excluding carboxylic acids is 2. The first-order chi connectivity index (χ1) is 10.1. The summed E-state index contributed by atoms with van der Waals surface area (Å²) in [4.78, 5) is 26.9. The molecule has 7 heteroatoms. The highest BCUT2D eigenvalue weighted by Gasteiger charge is 2.13. The van der Waals surface area contributed by atoms with Gasteiger partial charge in [0, 0.05) is 13.1 Å². The van der Waals surface area contributed by atoms with Gasteiger partial charge in [-0.25, -0.2) is 19.0 Å². The second kappa shape index (κ2) is 6.47. The van der Waals surface area contributed by atoms with Crippen molar-refractivity contribution in [1.82, 2.24) is 4.98 Å². The zero-order chi connectivity index (χ0) is 15.2. The molecule has 0 fully saturated rings. The lowest BCUT2D eigenvalue weighted by atomic mass is 10.2. The van der Waals surface area contributed by atoms with E-state index in [0.717, 1.165) is 6.07 Å². The van der Waals surface area contributed by atoms with E-state index in [1.54, 1.807) is 18.2 Å². The summed E-state index contributed by atoms with van der Waals surface area (Å²) in [5.41, 5.74) is 0.319. The van der Waals surface area contributed by atoms with Gasteiger partial charge in [0.15, 0.2) is 11.6 Å². The molecule has 1 heterocycles. The molecule has 0 spiro atoms. The van der Waals surface area contributed by atoms with Crippen LogP contribution in [0.1, 0.15) is 10.4 Å². The van der Waals surface area contributed by atoms with Crippen molar-refractivity contribution in [2.45, 2.75) is 0 Å². The van der Waals surface area contributed by atoms with Gasteiger partial charge in [0.2, 0.25) is 0 Å². The second-order valence-electron chi connectivity index (χ2n) is 3.97. The van der Waals surface area contributed by atoms with E-state index in [4.69, 9.17) is 0 Å². The van der Waals surface area contributed by atoms with Crippen molar-refractivity contribution in [2.24, 2.45) is 0 Å². The van der Waals surface area contributed by atoms with E-state index in [9.17, 15) is 14.0 Å². The van der Waals surface area contributed by atoms with Crippen molar-refractivity contribution in [1.29, 1.82) is 0 Å². The Kier molecular flexibility index (Phi) is 4.45. The number of halogens is 1. The number of pyridine rings is 1. The average molecular weight is 289 g/mol. The van der Waals surface area contributed by atoms with Crippen LogP contribution in [0.25, 0.3) is 0 Å². The molecule has 6 nitrogen and oxygen atoms in total. The van der Waals surface area contributed by atoms with Gasteiger partial charge in [-0.05, 0) is 12.1 Å². The maximum Gasteiger partial charge on any atom is 0.419 e. The molecule has 21 heavy (non-hydrogen) atoms. The molecule has 0 atom stereocenters. The molecule has 2 rings (SSSR count). The molecule has 108 valence electrons. The topological polar surface area (TPSA) is 80.3 Å². The maximum absolute atomic E-state index is 13.4. The van der Waals surface area contributed by atoms with Crippen LogP contribution in [-0.4, -0.2) is 24.1 Å². The lowest BCUT2D eigenvalue weighted by Crippen LogP contribution is -2.18. The van der Waals surface area contributed by atoms with Crippen molar-refractivity contribution in [3.05, 3.63) is 54.0 Å². The number of ether oxygens (including phenoxy) is 1. The molecule has 2 N–H and O–H groups in total. The van der Waals surface area contributed by atoms with Crippen molar-refractivity contribution in [3.8, 4) is 0 Å². The molecule has 0 saturated carbocycles. The Morgan fingerprint density at radius 3 is 2.57 bits per heavy atom. The predicted octanol–water partition coefficient (Wildman–Crippen LogP) is 2.65. The molecule has 0 bridgehead atoms. The summed E-state index contributed by atoms with van der Waals surface area (Å²) < 4.78 is 18.0. The number of benzene rings is 1. The van der Waals surface area contributed by atoms with Gasteiger partial charge >= 0.3 is 12.1 Å². The van der Waals surface area contributed by atoms with Crippen LogP contribution in [0.3, 0.4) is 0 Å². The maximum atomic E-state index is 13.4. The minimum atomic E-state index is -1.01. The number of aromatic nitrogens is 1. The summed E-state index contributed by atoms with van der Waals surface area (Å²) in [7, 11) is 1.52. The van der Waals surface area contributed by atoms with Crippen molar-refractivity contribution >= 4 is 23.6 Å². The van der Waals surface area contributed by atoms with Crippen molar-refractivity contribution < 1.29 is 18.7 Å². The quantitative estimate of drug-likeness (QED) is 0.670. The zero-order valence-corrected chi connectivity index (χ0v) is 11.1. The van der Waals surface area contributed by atoms with E-state index < -0.39 is 17.9 Å². The molecule has 0 unspecified atom stereocenters. The Morgan fingerprint density at radius 2 is 1.95 bits per heavy atom. The second-order valence-corrected chi connectivity index (χ2v) is 3.97. The summed E-state index contributed by atoms with van der Waals surface area (Å²) in [5.74, 6) is -1.38. The third kappa shape index (κ3) is 3.75. The molecule has 0 aliphatic heterocycles. The highest BCUT2D eigenvalue weighted by atomic mass is 19.1. The van der Waals surface area contributed by atoms with Gasteiger partial charge in [0.25, 0.3) is 0 Å². The van der Waals surface area contributed by atoms with Crippen LogP contribution in [0.5, 0.6) is 0 Å². The molecule has 0 radical (unpaired) electrons. The van der Waals surface area contributed by atoms with Gasteiger partial charge in [0.05, 0.1) is 17.4 Å². The highest BCUT2D eigenvalue weighted by Crippen LogP contribution is 2.15. The number of nitrogens with one attached hydrogen (secondary N) is 2. The van der Waals surface area contributed by atoms with Gasteiger partial charge in [-0.15, -0.1) is 0 Å². The molecule has 0 aliphatic carbocycles. The number of nitrogens with zero attached hydrogens (tertiary/aromatic N) is 1. The smallest absolute Gasteiger partial charge is 0.372 e. The molecule has 1 aromatic heterocycles. The molecule has 1 amide bonds. The summed E-state index contributed by atoms with van der Waals surface area (Å²) in [6.07, 6.45) is 0.227. The number of hydrogen-bond donors (Lipinski definition) is 2. The molecular weight excluding hydrogens is 277 g/mol. The van der Waals surface area contributed by atoms with Crippen LogP contribution in [0.15, 0.2) is 42.6 Å². The van der Waals surface area contributed by atoms with Crippen LogP contribution in [0.4, 0.5) is 20.7 Å². The Hall–Kier alpha value is -2.96. The first-order valence-electron chi connectivity index (χ1n) is 6.01. The Balaban J connectivity index is 1.99. The lowest BCUT2D eigenvalue weighted by molar-refractivity contribution is 0.0645. The fourth-order valence-corrected chi connectivity index (χ4v) is 1.55. The number of anilines is 2. The van der Waals surface area contributed by atoms with Crippen LogP contribution in [0.2, 0.25) is 0 Å². The fourth-order valence-electron chi connectivity index (χ4n) is 1.55. The number of carbonyl (C=O) groups is 2. The highest BCUT2D eigenvalue weighted by molar-refractivity contribution is 6.00. The van der Waals surface area contributed by atoms with Gasteiger partial charge in [-0.3, -0.25) is 5.32 Å². The molecule has 0 saturated heterocycles. The van der Waals surface area contributed by atoms with Crippen LogP contribution in [-0.2, 0) is 4.74 Å². The first-order valence-corrected chi connectivity index (χ1v) is 6.01. The Bertz CT molecular complexity index is 662. The van der Waals surface area contributed by atoms with Crippen molar-refractivity contribution in [2.75, 3.05) is 17.7 Å². The van der Waals surface area contributed by atoms with E-state index >= 15 is 0 Å². The third-order valence-corrected chi connectivity index (χ3v) is 2.52.